The fraction of sp³-hybridized carbons (Fsp3) is 0.138. The molecule has 11 aromatic rings. The third-order valence-electron chi connectivity index (χ3n) is 13.5. The van der Waals surface area contributed by atoms with Gasteiger partial charge in [0.25, 0.3) is 0 Å². The molecular weight excluding hydrogens is 757 g/mol. The van der Waals surface area contributed by atoms with Gasteiger partial charge in [0, 0.05) is 55.7 Å². The van der Waals surface area contributed by atoms with Gasteiger partial charge in [-0.15, -0.1) is 0 Å². The normalized spacial score (nSPS) is 11.9. The minimum atomic E-state index is 0.852. The SMILES string of the molecule is Cc1ccc(N(c2ccc(C)c(C)c2)c2ccc3cc4c(cc3c2)oc2ccc3oc5cc6cc(N(c7ccc(C)c(C)c7)c7ccc(C)c(C)c7)ccc6cc5c3c24)cc1C. The standard InChI is InChI=1S/C58H48N2O2/c1-33-9-15-45(23-37(33)5)59(46-16-10-34(2)38(6)24-46)49-19-13-41-29-51-55(31-43(41)27-49)61-53-21-22-54-58(57(51)53)52-30-42-14-20-50(28-44(42)32-56(52)62-54)60(47-17-11-35(3)39(7)25-47)48-18-12-36(4)40(8)26-48/h9-32H,1-8H3. The molecule has 0 aliphatic carbocycles. The number of furan rings is 2. The van der Waals surface area contributed by atoms with E-state index >= 15 is 0 Å². The van der Waals surface area contributed by atoms with Crippen molar-refractivity contribution in [2.45, 2.75) is 55.4 Å². The van der Waals surface area contributed by atoms with Crippen LogP contribution < -0.4 is 9.80 Å². The molecule has 0 amide bonds. The Morgan fingerprint density at radius 2 is 0.565 bits per heavy atom. The van der Waals surface area contributed by atoms with E-state index in [1.165, 1.54) is 44.5 Å². The average molecular weight is 805 g/mol. The molecule has 0 aliphatic heterocycles. The summed E-state index contributed by atoms with van der Waals surface area (Å²) in [5.41, 5.74) is 20.4. The molecule has 0 bridgehead atoms. The van der Waals surface area contributed by atoms with Crippen LogP contribution in [0.3, 0.4) is 0 Å². The predicted molar refractivity (Wildman–Crippen MR) is 263 cm³/mol. The number of fused-ring (bicyclic) bond motifs is 9. The lowest BCUT2D eigenvalue weighted by Gasteiger charge is -2.27. The molecule has 0 fully saturated rings. The Hall–Kier alpha value is -7.30. The van der Waals surface area contributed by atoms with Crippen molar-refractivity contribution in [3.63, 3.8) is 0 Å². The lowest BCUT2D eigenvalue weighted by atomic mass is 10.00. The maximum atomic E-state index is 6.70. The van der Waals surface area contributed by atoms with E-state index in [0.29, 0.717) is 0 Å². The van der Waals surface area contributed by atoms with Gasteiger partial charge < -0.3 is 18.6 Å². The van der Waals surface area contributed by atoms with Crippen molar-refractivity contribution in [3.8, 4) is 0 Å². The first-order valence-electron chi connectivity index (χ1n) is 21.6. The Bertz CT molecular complexity index is 3300. The van der Waals surface area contributed by atoms with Gasteiger partial charge in [-0.3, -0.25) is 0 Å². The Balaban J connectivity index is 1.04. The Morgan fingerprint density at radius 3 is 0.887 bits per heavy atom. The third kappa shape index (κ3) is 6.12. The minimum absolute atomic E-state index is 0.852. The lowest BCUT2D eigenvalue weighted by molar-refractivity contribution is 0.663. The Labute approximate surface area is 362 Å². The molecule has 2 aromatic heterocycles. The molecule has 62 heavy (non-hydrogen) atoms. The highest BCUT2D eigenvalue weighted by molar-refractivity contribution is 6.28. The largest absolute Gasteiger partial charge is 0.456 e. The first kappa shape index (κ1) is 37.7. The maximum absolute atomic E-state index is 6.70. The van der Waals surface area contributed by atoms with Crippen molar-refractivity contribution in [1.82, 2.24) is 0 Å². The molecule has 9 aromatic carbocycles. The molecule has 0 saturated heterocycles. The molecule has 0 radical (unpaired) electrons. The van der Waals surface area contributed by atoms with Crippen LogP contribution in [0.5, 0.6) is 0 Å². The van der Waals surface area contributed by atoms with Crippen molar-refractivity contribution in [3.05, 3.63) is 190 Å². The summed E-state index contributed by atoms with van der Waals surface area (Å²) in [7, 11) is 0. The number of benzene rings is 9. The van der Waals surface area contributed by atoms with Crippen LogP contribution in [0.15, 0.2) is 154 Å². The summed E-state index contributed by atoms with van der Waals surface area (Å²) >= 11 is 0. The second kappa shape index (κ2) is 14.1. The van der Waals surface area contributed by atoms with Gasteiger partial charge in [-0.2, -0.15) is 0 Å². The summed E-state index contributed by atoms with van der Waals surface area (Å²) in [5, 5.41) is 8.90. The van der Waals surface area contributed by atoms with Crippen molar-refractivity contribution in [1.29, 1.82) is 0 Å². The monoisotopic (exact) mass is 804 g/mol. The van der Waals surface area contributed by atoms with Gasteiger partial charge in [-0.25, -0.2) is 0 Å². The zero-order chi connectivity index (χ0) is 42.6. The van der Waals surface area contributed by atoms with Gasteiger partial charge in [0.05, 0.1) is 0 Å². The van der Waals surface area contributed by atoms with Crippen LogP contribution in [0.2, 0.25) is 0 Å². The quantitative estimate of drug-likeness (QED) is 0.168. The van der Waals surface area contributed by atoms with E-state index in [1.807, 2.05) is 0 Å². The molecule has 0 atom stereocenters. The van der Waals surface area contributed by atoms with E-state index in [9.17, 15) is 0 Å². The molecule has 0 N–H and O–H groups in total. The van der Waals surface area contributed by atoms with E-state index in [1.54, 1.807) is 0 Å². The molecular formula is C58H48N2O2. The zero-order valence-electron chi connectivity index (χ0n) is 36.6. The van der Waals surface area contributed by atoms with Crippen LogP contribution in [0.4, 0.5) is 34.1 Å². The predicted octanol–water partition coefficient (Wildman–Crippen LogP) is 17.2. The first-order valence-corrected chi connectivity index (χ1v) is 21.6. The highest BCUT2D eigenvalue weighted by atomic mass is 16.3. The highest BCUT2D eigenvalue weighted by Crippen LogP contribution is 2.45. The van der Waals surface area contributed by atoms with Gasteiger partial charge in [0.2, 0.25) is 0 Å². The summed E-state index contributed by atoms with van der Waals surface area (Å²) in [6.07, 6.45) is 0. The van der Waals surface area contributed by atoms with Crippen LogP contribution in [-0.4, -0.2) is 0 Å². The van der Waals surface area contributed by atoms with Crippen molar-refractivity contribution in [2.24, 2.45) is 0 Å². The second-order valence-electron chi connectivity index (χ2n) is 17.5. The fourth-order valence-electron chi connectivity index (χ4n) is 9.23. The first-order chi connectivity index (χ1) is 30.0. The number of anilines is 6. The van der Waals surface area contributed by atoms with E-state index in [-0.39, 0.29) is 0 Å². The van der Waals surface area contributed by atoms with Crippen LogP contribution in [0.25, 0.3) is 65.4 Å². The van der Waals surface area contributed by atoms with E-state index < -0.39 is 0 Å². The average Bonchev–Trinajstić information content (AvgIpc) is 3.81. The Kier molecular flexibility index (Phi) is 8.59. The number of aryl methyl sites for hydroxylation is 8. The number of hydrogen-bond acceptors (Lipinski definition) is 4. The van der Waals surface area contributed by atoms with Crippen molar-refractivity contribution < 1.29 is 8.83 Å². The number of hydrogen-bond donors (Lipinski definition) is 0. The maximum Gasteiger partial charge on any atom is 0.136 e. The summed E-state index contributed by atoms with van der Waals surface area (Å²) in [5.74, 6) is 0. The van der Waals surface area contributed by atoms with Crippen LogP contribution in [-0.2, 0) is 0 Å². The number of rotatable bonds is 6. The summed E-state index contributed by atoms with van der Waals surface area (Å²) < 4.78 is 13.4. The molecule has 0 spiro atoms. The summed E-state index contributed by atoms with van der Waals surface area (Å²) in [6, 6.07) is 53.5. The van der Waals surface area contributed by atoms with Crippen LogP contribution in [0, 0.1) is 55.4 Å². The molecule has 4 nitrogen and oxygen atoms in total. The van der Waals surface area contributed by atoms with Crippen molar-refractivity contribution in [2.75, 3.05) is 9.80 Å². The molecule has 0 unspecified atom stereocenters. The van der Waals surface area contributed by atoms with E-state index in [0.717, 1.165) is 99.5 Å². The molecule has 0 aliphatic rings. The third-order valence-corrected chi connectivity index (χ3v) is 13.5. The minimum Gasteiger partial charge on any atom is -0.456 e. The van der Waals surface area contributed by atoms with Crippen LogP contribution in [0.1, 0.15) is 44.5 Å². The van der Waals surface area contributed by atoms with E-state index in [2.05, 4.69) is 211 Å². The highest BCUT2D eigenvalue weighted by Gasteiger charge is 2.21. The lowest BCUT2D eigenvalue weighted by Crippen LogP contribution is -2.10. The molecule has 0 saturated carbocycles. The smallest absolute Gasteiger partial charge is 0.136 e. The van der Waals surface area contributed by atoms with Gasteiger partial charge in [0.15, 0.2) is 0 Å². The van der Waals surface area contributed by atoms with Gasteiger partial charge in [-0.05, 0) is 231 Å². The second-order valence-corrected chi connectivity index (χ2v) is 17.5. The van der Waals surface area contributed by atoms with E-state index in [4.69, 9.17) is 8.83 Å². The Morgan fingerprint density at radius 1 is 0.258 bits per heavy atom. The topological polar surface area (TPSA) is 32.8 Å². The molecule has 4 heteroatoms. The fourth-order valence-corrected chi connectivity index (χ4v) is 9.23. The summed E-state index contributed by atoms with van der Waals surface area (Å²) in [6.45, 7) is 17.4. The van der Waals surface area contributed by atoms with Gasteiger partial charge in [-0.1, -0.05) is 36.4 Å². The molecule has 302 valence electrons. The van der Waals surface area contributed by atoms with Crippen LogP contribution >= 0.6 is 0 Å². The van der Waals surface area contributed by atoms with Gasteiger partial charge >= 0.3 is 0 Å². The number of nitrogens with zero attached hydrogens (tertiary/aromatic N) is 2. The molecule has 11 rings (SSSR count). The summed E-state index contributed by atoms with van der Waals surface area (Å²) in [4.78, 5) is 4.72. The zero-order valence-corrected chi connectivity index (χ0v) is 36.6. The van der Waals surface area contributed by atoms with Crippen molar-refractivity contribution >= 4 is 99.5 Å². The molecule has 2 heterocycles. The van der Waals surface area contributed by atoms with Gasteiger partial charge in [0.1, 0.15) is 22.3 Å².